The molecule has 0 aliphatic rings. The minimum absolute atomic E-state index is 0.0558. The van der Waals surface area contributed by atoms with Gasteiger partial charge in [0.05, 0.1) is 0 Å². The Bertz CT molecular complexity index is 275. The monoisotopic (exact) mass is 170 g/mol. The Morgan fingerprint density at radius 3 is 2.25 bits per heavy atom. The maximum atomic E-state index is 8.92. The topological polar surface area (TPSA) is 90.2 Å². The zero-order valence-corrected chi connectivity index (χ0v) is 6.01. The Labute approximate surface area is 68.6 Å². The number of hydrogen-bond donors (Lipinski definition) is 4. The molecule has 1 aromatic carbocycles. The molecule has 64 valence electrons. The number of benzene rings is 1. The van der Waals surface area contributed by atoms with Crippen molar-refractivity contribution in [2.24, 2.45) is 0 Å². The van der Waals surface area contributed by atoms with Crippen LogP contribution in [0.1, 0.15) is 0 Å². The van der Waals surface area contributed by atoms with Gasteiger partial charge in [-0.25, -0.2) is 0 Å². The van der Waals surface area contributed by atoms with Gasteiger partial charge in [-0.15, -0.1) is 0 Å². The molecule has 0 spiro atoms. The van der Waals surface area contributed by atoms with Crippen molar-refractivity contribution in [3.63, 3.8) is 0 Å². The van der Waals surface area contributed by atoms with Crippen molar-refractivity contribution in [3.05, 3.63) is 18.2 Å². The molecule has 0 saturated carbocycles. The molecule has 0 saturated heterocycles. The van der Waals surface area contributed by atoms with Crippen LogP contribution in [-0.2, 0) is 0 Å². The number of hydrogen-bond acceptors (Lipinski definition) is 5. The zero-order chi connectivity index (χ0) is 9.14. The summed E-state index contributed by atoms with van der Waals surface area (Å²) in [7, 11) is -1.94. The van der Waals surface area contributed by atoms with Crippen LogP contribution in [0.25, 0.3) is 0 Å². The van der Waals surface area contributed by atoms with Crippen LogP contribution >= 0.6 is 0 Å². The number of rotatable bonds is 2. The van der Waals surface area contributed by atoms with Crippen LogP contribution in [0.5, 0.6) is 17.2 Å². The van der Waals surface area contributed by atoms with Crippen molar-refractivity contribution in [1.29, 1.82) is 0 Å². The summed E-state index contributed by atoms with van der Waals surface area (Å²) in [5.41, 5.74) is 0. The summed E-state index contributed by atoms with van der Waals surface area (Å²) in [4.78, 5) is 0. The van der Waals surface area contributed by atoms with Crippen LogP contribution < -0.4 is 4.65 Å². The van der Waals surface area contributed by atoms with Crippen LogP contribution in [0.3, 0.4) is 0 Å². The Kier molecular flexibility index (Phi) is 2.42. The quantitative estimate of drug-likeness (QED) is 0.353. The van der Waals surface area contributed by atoms with E-state index in [0.29, 0.717) is 0 Å². The van der Waals surface area contributed by atoms with E-state index < -0.39 is 7.32 Å². The van der Waals surface area contributed by atoms with E-state index in [9.17, 15) is 0 Å². The van der Waals surface area contributed by atoms with E-state index in [2.05, 4.69) is 4.65 Å². The second-order valence-corrected chi connectivity index (χ2v) is 2.09. The first-order valence-corrected chi connectivity index (χ1v) is 3.14. The summed E-state index contributed by atoms with van der Waals surface area (Å²) in [5, 5.41) is 34.5. The predicted octanol–water partition coefficient (Wildman–Crippen LogP) is -0.554. The van der Waals surface area contributed by atoms with Crippen molar-refractivity contribution in [2.75, 3.05) is 0 Å². The molecule has 0 radical (unpaired) electrons. The molecule has 6 heteroatoms. The fourth-order valence-electron chi connectivity index (χ4n) is 0.698. The lowest BCUT2D eigenvalue weighted by Gasteiger charge is -2.04. The summed E-state index contributed by atoms with van der Waals surface area (Å²) in [6, 6.07) is 3.52. The van der Waals surface area contributed by atoms with Gasteiger partial charge in [0, 0.05) is 6.07 Å². The third-order valence-corrected chi connectivity index (χ3v) is 1.19. The Morgan fingerprint density at radius 2 is 1.75 bits per heavy atom. The smallest absolute Gasteiger partial charge is 0.512 e. The lowest BCUT2D eigenvalue weighted by Crippen LogP contribution is -2.20. The molecule has 5 nitrogen and oxygen atoms in total. The Hall–Kier alpha value is -1.40. The maximum Gasteiger partial charge on any atom is 0.707 e. The van der Waals surface area contributed by atoms with Crippen molar-refractivity contribution in [2.45, 2.75) is 0 Å². The summed E-state index contributed by atoms with van der Waals surface area (Å²) in [6.45, 7) is 0. The van der Waals surface area contributed by atoms with Crippen LogP contribution in [0.2, 0.25) is 0 Å². The average molecular weight is 170 g/mol. The van der Waals surface area contributed by atoms with E-state index in [1.807, 2.05) is 0 Å². The van der Waals surface area contributed by atoms with E-state index in [1.54, 1.807) is 0 Å². The normalized spacial score (nSPS) is 9.50. The van der Waals surface area contributed by atoms with Gasteiger partial charge >= 0.3 is 7.32 Å². The maximum absolute atomic E-state index is 8.92. The van der Waals surface area contributed by atoms with Crippen molar-refractivity contribution >= 4 is 7.32 Å². The van der Waals surface area contributed by atoms with Gasteiger partial charge in [-0.2, -0.15) is 0 Å². The molecule has 0 heterocycles. The van der Waals surface area contributed by atoms with Crippen molar-refractivity contribution in [1.82, 2.24) is 0 Å². The lowest BCUT2D eigenvalue weighted by molar-refractivity contribution is 0.287. The predicted molar refractivity (Wildman–Crippen MR) is 40.6 cm³/mol. The van der Waals surface area contributed by atoms with Gasteiger partial charge in [-0.3, -0.25) is 0 Å². The molecule has 0 amide bonds. The van der Waals surface area contributed by atoms with E-state index in [-0.39, 0.29) is 17.2 Å². The molecule has 0 atom stereocenters. The Morgan fingerprint density at radius 1 is 1.08 bits per heavy atom. The van der Waals surface area contributed by atoms with Crippen molar-refractivity contribution < 1.29 is 24.9 Å². The molecule has 12 heavy (non-hydrogen) atoms. The van der Waals surface area contributed by atoms with Gasteiger partial charge < -0.3 is 24.9 Å². The first kappa shape index (κ1) is 8.70. The highest BCUT2D eigenvalue weighted by Crippen LogP contribution is 2.28. The summed E-state index contributed by atoms with van der Waals surface area (Å²) in [5.74, 6) is -0.622. The number of phenolic OH excluding ortho intramolecular Hbond substituents is 2. The van der Waals surface area contributed by atoms with Gasteiger partial charge in [0.1, 0.15) is 5.75 Å². The first-order valence-electron chi connectivity index (χ1n) is 3.14. The molecule has 0 aliphatic carbocycles. The van der Waals surface area contributed by atoms with Gasteiger partial charge in [0.25, 0.3) is 0 Å². The van der Waals surface area contributed by atoms with Crippen molar-refractivity contribution in [3.8, 4) is 17.2 Å². The molecule has 0 aromatic heterocycles. The van der Waals surface area contributed by atoms with Gasteiger partial charge in [0.2, 0.25) is 0 Å². The number of aromatic hydroxyl groups is 2. The largest absolute Gasteiger partial charge is 0.707 e. The number of phenols is 2. The SMILES string of the molecule is OB(O)Oc1ccc(O)c(O)c1. The van der Waals surface area contributed by atoms with Crippen LogP contribution in [-0.4, -0.2) is 27.6 Å². The Balaban J connectivity index is 2.82. The lowest BCUT2D eigenvalue weighted by atomic mass is 10.2. The van der Waals surface area contributed by atoms with E-state index in [1.165, 1.54) is 12.1 Å². The van der Waals surface area contributed by atoms with Crippen LogP contribution in [0, 0.1) is 0 Å². The summed E-state index contributed by atoms with van der Waals surface area (Å²) in [6.07, 6.45) is 0. The molecule has 4 N–H and O–H groups in total. The molecular weight excluding hydrogens is 163 g/mol. The molecule has 1 rings (SSSR count). The minimum atomic E-state index is -1.94. The first-order chi connectivity index (χ1) is 5.59. The van der Waals surface area contributed by atoms with E-state index in [0.717, 1.165) is 6.07 Å². The molecular formula is C6H7BO5. The highest BCUT2D eigenvalue weighted by atomic mass is 16.6. The molecule has 0 unspecified atom stereocenters. The molecule has 0 bridgehead atoms. The van der Waals surface area contributed by atoms with E-state index >= 15 is 0 Å². The molecule has 0 aliphatic heterocycles. The second-order valence-electron chi connectivity index (χ2n) is 2.09. The third kappa shape index (κ3) is 2.04. The van der Waals surface area contributed by atoms with Crippen LogP contribution in [0.15, 0.2) is 18.2 Å². The zero-order valence-electron chi connectivity index (χ0n) is 6.01. The fourth-order valence-corrected chi connectivity index (χ4v) is 0.698. The van der Waals surface area contributed by atoms with Gasteiger partial charge in [-0.1, -0.05) is 0 Å². The van der Waals surface area contributed by atoms with Gasteiger partial charge in [0.15, 0.2) is 11.5 Å². The second kappa shape index (κ2) is 3.33. The molecule has 0 fully saturated rings. The summed E-state index contributed by atoms with van der Waals surface area (Å²) < 4.78 is 4.39. The standard InChI is InChI=1S/C6H7BO5/c8-5-2-1-4(3-6(5)9)12-7(10)11/h1-3,8-11H. The van der Waals surface area contributed by atoms with E-state index in [4.69, 9.17) is 20.3 Å². The highest BCUT2D eigenvalue weighted by Gasteiger charge is 2.11. The minimum Gasteiger partial charge on any atom is -0.512 e. The average Bonchev–Trinajstić information content (AvgIpc) is 1.96. The summed E-state index contributed by atoms with van der Waals surface area (Å²) >= 11 is 0. The van der Waals surface area contributed by atoms with Crippen LogP contribution in [0.4, 0.5) is 0 Å². The highest BCUT2D eigenvalue weighted by molar-refractivity contribution is 6.33. The third-order valence-electron chi connectivity index (χ3n) is 1.19. The molecule has 1 aromatic rings. The fraction of sp³-hybridized carbons (Fsp3) is 0. The van der Waals surface area contributed by atoms with Gasteiger partial charge in [-0.05, 0) is 12.1 Å².